The molecular formula is C22H19N5O2. The molecule has 4 rings (SSSR count). The predicted octanol–water partition coefficient (Wildman–Crippen LogP) is 3.70. The minimum atomic E-state index is -0.171. The van der Waals surface area contributed by atoms with Crippen molar-refractivity contribution in [2.45, 2.75) is 13.5 Å². The number of pyridine rings is 1. The van der Waals surface area contributed by atoms with Crippen LogP contribution in [0.25, 0.3) is 22.4 Å². The third-order valence-electron chi connectivity index (χ3n) is 4.38. The van der Waals surface area contributed by atoms with Gasteiger partial charge in [0.25, 0.3) is 0 Å². The van der Waals surface area contributed by atoms with Gasteiger partial charge in [0.1, 0.15) is 12.4 Å². The number of fused-ring (bicyclic) bond motifs is 1. The molecule has 0 radical (unpaired) electrons. The quantitative estimate of drug-likeness (QED) is 0.548. The first-order valence-corrected chi connectivity index (χ1v) is 9.13. The van der Waals surface area contributed by atoms with Gasteiger partial charge < -0.3 is 15.2 Å². The number of amides is 2. The lowest BCUT2D eigenvalue weighted by molar-refractivity contribution is -0.116. The number of carbonyl (C=O) groups is 2. The molecule has 144 valence electrons. The van der Waals surface area contributed by atoms with E-state index in [9.17, 15) is 9.59 Å². The normalized spacial score (nSPS) is 10.7. The molecule has 7 heteroatoms. The molecule has 7 nitrogen and oxygen atoms in total. The van der Waals surface area contributed by atoms with Crippen molar-refractivity contribution < 1.29 is 9.59 Å². The summed E-state index contributed by atoms with van der Waals surface area (Å²) in [5.41, 5.74) is 3.93. The maximum Gasteiger partial charge on any atom is 0.244 e. The number of benzene rings is 2. The zero-order valence-electron chi connectivity index (χ0n) is 15.8. The molecular weight excluding hydrogens is 366 g/mol. The molecule has 0 aliphatic rings. The monoisotopic (exact) mass is 385 g/mol. The number of imidazole rings is 1. The standard InChI is InChI=1S/C22H19N5O2/c1-15(28)24-17-6-8-18(9-7-17)25-21(29)14-27-20-5-3-2-4-19(20)26-22(27)16-10-12-23-13-11-16/h2-13H,14H2,1H3,(H,24,28)(H,25,29). The molecule has 2 N–H and O–H groups in total. The van der Waals surface area contributed by atoms with Gasteiger partial charge in [-0.1, -0.05) is 12.1 Å². The number of anilines is 2. The van der Waals surface area contributed by atoms with Crippen molar-refractivity contribution in [3.05, 3.63) is 73.1 Å². The summed E-state index contributed by atoms with van der Waals surface area (Å²) in [4.78, 5) is 32.6. The predicted molar refractivity (Wildman–Crippen MR) is 112 cm³/mol. The first kappa shape index (κ1) is 18.4. The molecule has 0 saturated heterocycles. The van der Waals surface area contributed by atoms with E-state index in [1.54, 1.807) is 36.7 Å². The fourth-order valence-electron chi connectivity index (χ4n) is 3.14. The zero-order chi connectivity index (χ0) is 20.2. The van der Waals surface area contributed by atoms with Gasteiger partial charge >= 0.3 is 0 Å². The Kier molecular flexibility index (Phi) is 5.03. The third kappa shape index (κ3) is 4.14. The van der Waals surface area contributed by atoms with E-state index in [4.69, 9.17) is 4.98 Å². The largest absolute Gasteiger partial charge is 0.326 e. The fourth-order valence-corrected chi connectivity index (χ4v) is 3.14. The fraction of sp³-hybridized carbons (Fsp3) is 0.0909. The van der Waals surface area contributed by atoms with Crippen LogP contribution in [0.3, 0.4) is 0 Å². The Balaban J connectivity index is 1.58. The van der Waals surface area contributed by atoms with Crippen molar-refractivity contribution in [2.24, 2.45) is 0 Å². The van der Waals surface area contributed by atoms with Crippen LogP contribution in [0, 0.1) is 0 Å². The van der Waals surface area contributed by atoms with Crippen LogP contribution in [0.2, 0.25) is 0 Å². The zero-order valence-corrected chi connectivity index (χ0v) is 15.8. The van der Waals surface area contributed by atoms with Crippen LogP contribution in [0.1, 0.15) is 6.92 Å². The van der Waals surface area contributed by atoms with Crippen LogP contribution in [0.15, 0.2) is 73.1 Å². The Bertz CT molecular complexity index is 1170. The molecule has 0 spiro atoms. The molecule has 0 aliphatic carbocycles. The molecule has 0 atom stereocenters. The number of hydrogen-bond acceptors (Lipinski definition) is 4. The van der Waals surface area contributed by atoms with Gasteiger partial charge in [-0.05, 0) is 48.5 Å². The first-order valence-electron chi connectivity index (χ1n) is 9.13. The second kappa shape index (κ2) is 7.93. The molecule has 2 heterocycles. The molecule has 2 aromatic carbocycles. The number of aromatic nitrogens is 3. The molecule has 29 heavy (non-hydrogen) atoms. The van der Waals surface area contributed by atoms with Crippen molar-refractivity contribution in [3.8, 4) is 11.4 Å². The Morgan fingerprint density at radius 2 is 1.55 bits per heavy atom. The number of nitrogens with zero attached hydrogens (tertiary/aromatic N) is 3. The maximum absolute atomic E-state index is 12.7. The summed E-state index contributed by atoms with van der Waals surface area (Å²) in [5.74, 6) is 0.401. The van der Waals surface area contributed by atoms with Crippen LogP contribution in [-0.4, -0.2) is 26.3 Å². The van der Waals surface area contributed by atoms with Gasteiger partial charge in [0, 0.05) is 36.3 Å². The van der Waals surface area contributed by atoms with Crippen molar-refractivity contribution in [2.75, 3.05) is 10.6 Å². The summed E-state index contributed by atoms with van der Waals surface area (Å²) in [7, 11) is 0. The second-order valence-corrected chi connectivity index (χ2v) is 6.55. The number of para-hydroxylation sites is 2. The first-order chi connectivity index (χ1) is 14.1. The summed E-state index contributed by atoms with van der Waals surface area (Å²) >= 11 is 0. The van der Waals surface area contributed by atoms with Crippen molar-refractivity contribution >= 4 is 34.2 Å². The lowest BCUT2D eigenvalue weighted by Crippen LogP contribution is -2.19. The molecule has 0 fully saturated rings. The second-order valence-electron chi connectivity index (χ2n) is 6.55. The van der Waals surface area contributed by atoms with Gasteiger partial charge in [0.05, 0.1) is 11.0 Å². The highest BCUT2D eigenvalue weighted by atomic mass is 16.2. The van der Waals surface area contributed by atoms with E-state index in [-0.39, 0.29) is 18.4 Å². The minimum absolute atomic E-state index is 0.117. The van der Waals surface area contributed by atoms with E-state index >= 15 is 0 Å². The van der Waals surface area contributed by atoms with E-state index in [0.717, 1.165) is 16.6 Å². The van der Waals surface area contributed by atoms with E-state index < -0.39 is 0 Å². The smallest absolute Gasteiger partial charge is 0.244 e. The molecule has 4 aromatic rings. The number of carbonyl (C=O) groups excluding carboxylic acids is 2. The van der Waals surface area contributed by atoms with Gasteiger partial charge in [-0.15, -0.1) is 0 Å². The number of hydrogen-bond donors (Lipinski definition) is 2. The van der Waals surface area contributed by atoms with Crippen LogP contribution in [0.5, 0.6) is 0 Å². The van der Waals surface area contributed by atoms with E-state index in [2.05, 4.69) is 15.6 Å². The Morgan fingerprint density at radius 1 is 0.897 bits per heavy atom. The Hall–Kier alpha value is -4.00. The average Bonchev–Trinajstić information content (AvgIpc) is 3.08. The highest BCUT2D eigenvalue weighted by molar-refractivity contribution is 5.93. The summed E-state index contributed by atoms with van der Waals surface area (Å²) in [6.07, 6.45) is 3.41. The number of nitrogens with one attached hydrogen (secondary N) is 2. The van der Waals surface area contributed by atoms with Crippen molar-refractivity contribution in [3.63, 3.8) is 0 Å². The molecule has 0 saturated carbocycles. The van der Waals surface area contributed by atoms with Gasteiger partial charge in [-0.25, -0.2) is 4.98 Å². The highest BCUT2D eigenvalue weighted by Gasteiger charge is 2.15. The summed E-state index contributed by atoms with van der Waals surface area (Å²) in [5, 5.41) is 5.59. The Morgan fingerprint density at radius 3 is 2.24 bits per heavy atom. The van der Waals surface area contributed by atoms with Gasteiger partial charge in [0.2, 0.25) is 11.8 Å². The average molecular weight is 385 g/mol. The van der Waals surface area contributed by atoms with E-state index in [1.807, 2.05) is 41.0 Å². The third-order valence-corrected chi connectivity index (χ3v) is 4.38. The number of rotatable bonds is 5. The summed E-state index contributed by atoms with van der Waals surface area (Å²) < 4.78 is 1.89. The van der Waals surface area contributed by atoms with Crippen LogP contribution in [-0.2, 0) is 16.1 Å². The summed E-state index contributed by atoms with van der Waals surface area (Å²) in [6, 6.07) is 18.4. The molecule has 0 unspecified atom stereocenters. The lowest BCUT2D eigenvalue weighted by Gasteiger charge is -2.11. The highest BCUT2D eigenvalue weighted by Crippen LogP contribution is 2.24. The van der Waals surface area contributed by atoms with E-state index in [1.165, 1.54) is 6.92 Å². The molecule has 2 aromatic heterocycles. The van der Waals surface area contributed by atoms with Gasteiger partial charge in [0.15, 0.2) is 0 Å². The molecule has 0 bridgehead atoms. The topological polar surface area (TPSA) is 88.9 Å². The maximum atomic E-state index is 12.7. The minimum Gasteiger partial charge on any atom is -0.326 e. The lowest BCUT2D eigenvalue weighted by atomic mass is 10.2. The molecule has 0 aliphatic heterocycles. The van der Waals surface area contributed by atoms with Gasteiger partial charge in [-0.3, -0.25) is 14.6 Å². The SMILES string of the molecule is CC(=O)Nc1ccc(NC(=O)Cn2c(-c3ccncc3)nc3ccccc32)cc1. The molecule has 2 amide bonds. The van der Waals surface area contributed by atoms with Crippen molar-refractivity contribution in [1.29, 1.82) is 0 Å². The van der Waals surface area contributed by atoms with Crippen LogP contribution < -0.4 is 10.6 Å². The van der Waals surface area contributed by atoms with E-state index in [0.29, 0.717) is 17.2 Å². The van der Waals surface area contributed by atoms with Crippen LogP contribution in [0.4, 0.5) is 11.4 Å². The summed E-state index contributed by atoms with van der Waals surface area (Å²) in [6.45, 7) is 1.57. The Labute approximate surface area is 167 Å². The van der Waals surface area contributed by atoms with Gasteiger partial charge in [-0.2, -0.15) is 0 Å². The van der Waals surface area contributed by atoms with Crippen molar-refractivity contribution in [1.82, 2.24) is 14.5 Å². The van der Waals surface area contributed by atoms with Crippen LogP contribution >= 0.6 is 0 Å².